The average Bonchev–Trinajstić information content (AvgIpc) is 3.05. The number of para-hydroxylation sites is 1. The largest absolute Gasteiger partial charge is 0.592 e. The number of pyridine rings is 1. The molecule has 2 aromatic carbocycles. The van der Waals surface area contributed by atoms with Crippen molar-refractivity contribution in [1.29, 1.82) is 0 Å². The van der Waals surface area contributed by atoms with Crippen LogP contribution >= 0.6 is 0 Å². The van der Waals surface area contributed by atoms with Gasteiger partial charge in [-0.15, -0.1) is 0 Å². The van der Waals surface area contributed by atoms with Gasteiger partial charge in [0, 0.05) is 23.2 Å². The van der Waals surface area contributed by atoms with Crippen LogP contribution in [0.2, 0.25) is 0 Å². The second-order valence-electron chi connectivity index (χ2n) is 5.54. The molecule has 6 heteroatoms. The van der Waals surface area contributed by atoms with Crippen LogP contribution in [-0.4, -0.2) is 10.9 Å². The Morgan fingerprint density at radius 1 is 1.04 bits per heavy atom. The molecule has 0 aliphatic rings. The summed E-state index contributed by atoms with van der Waals surface area (Å²) in [4.78, 5) is 21.6. The quantitative estimate of drug-likeness (QED) is 0.580. The molecule has 1 amide bonds. The molecule has 0 saturated carbocycles. The van der Waals surface area contributed by atoms with Crippen LogP contribution < -0.4 is 5.23 Å². The molecule has 4 aromatic rings. The lowest BCUT2D eigenvalue weighted by Gasteiger charge is -2.17. The molecule has 124 valence electrons. The normalized spacial score (nSPS) is 12.5. The molecule has 1 N–H and O–H groups in total. The zero-order valence-corrected chi connectivity index (χ0v) is 13.1. The number of aromatic nitrogens is 1. The van der Waals surface area contributed by atoms with E-state index in [2.05, 4.69) is 4.98 Å². The van der Waals surface area contributed by atoms with Gasteiger partial charge in [0.2, 0.25) is 0 Å². The summed E-state index contributed by atoms with van der Waals surface area (Å²) < 4.78 is 5.74. The highest BCUT2D eigenvalue weighted by atomic mass is 16.9. The minimum absolute atomic E-state index is 0.0230. The highest BCUT2D eigenvalue weighted by Crippen LogP contribution is 2.30. The lowest BCUT2D eigenvalue weighted by atomic mass is 10.1. The van der Waals surface area contributed by atoms with Gasteiger partial charge in [0.25, 0.3) is 0 Å². The highest BCUT2D eigenvalue weighted by molar-refractivity contribution is 6.14. The molecule has 0 radical (unpaired) electrons. The van der Waals surface area contributed by atoms with Gasteiger partial charge >= 0.3 is 5.91 Å². The van der Waals surface area contributed by atoms with Crippen LogP contribution in [0.5, 0.6) is 0 Å². The van der Waals surface area contributed by atoms with Gasteiger partial charge in [-0.05, 0) is 35.9 Å². The van der Waals surface area contributed by atoms with Crippen molar-refractivity contribution in [3.63, 3.8) is 0 Å². The molecule has 0 fully saturated rings. The number of carbonyl (C=O) groups is 1. The first-order valence-corrected chi connectivity index (χ1v) is 7.74. The third kappa shape index (κ3) is 2.89. The van der Waals surface area contributed by atoms with Gasteiger partial charge in [-0.3, -0.25) is 4.98 Å². The van der Waals surface area contributed by atoms with Crippen molar-refractivity contribution in [2.75, 3.05) is 0 Å². The second-order valence-corrected chi connectivity index (χ2v) is 5.54. The number of rotatable bonds is 4. The maximum absolute atomic E-state index is 12.6. The molecular weight excluding hydrogens is 320 g/mol. The van der Waals surface area contributed by atoms with E-state index >= 15 is 0 Å². The first kappa shape index (κ1) is 15.5. The van der Waals surface area contributed by atoms with Crippen LogP contribution in [0.1, 0.15) is 15.9 Å². The summed E-state index contributed by atoms with van der Waals surface area (Å²) in [5.41, 5.74) is 2.28. The summed E-state index contributed by atoms with van der Waals surface area (Å²) in [6.45, 7) is 0.0230. The summed E-state index contributed by atoms with van der Waals surface area (Å²) in [7, 11) is 0. The van der Waals surface area contributed by atoms with Gasteiger partial charge < -0.3 is 9.62 Å². The fourth-order valence-electron chi connectivity index (χ4n) is 2.77. The molecule has 1 atom stereocenters. The van der Waals surface area contributed by atoms with E-state index in [1.807, 2.05) is 24.3 Å². The Hall–Kier alpha value is -3.06. The van der Waals surface area contributed by atoms with Gasteiger partial charge in [-0.2, -0.15) is 10.1 Å². The SMILES string of the molecule is O=C(c1cccc2oc3ccccc3c12)[NH+]([O-])OCc1ccncc1. The van der Waals surface area contributed by atoms with E-state index in [9.17, 15) is 10.0 Å². The van der Waals surface area contributed by atoms with Crippen LogP contribution in [-0.2, 0) is 11.4 Å². The van der Waals surface area contributed by atoms with Crippen molar-refractivity contribution in [3.8, 4) is 0 Å². The molecule has 0 aliphatic heterocycles. The number of hydrogen-bond acceptors (Lipinski definition) is 5. The first-order valence-electron chi connectivity index (χ1n) is 7.74. The average molecular weight is 334 g/mol. The lowest BCUT2D eigenvalue weighted by Crippen LogP contribution is -3.08. The lowest BCUT2D eigenvalue weighted by molar-refractivity contribution is -0.984. The maximum atomic E-state index is 12.6. The van der Waals surface area contributed by atoms with Crippen LogP contribution in [0, 0.1) is 5.21 Å². The Balaban J connectivity index is 1.65. The number of hydroxylamine groups is 2. The Bertz CT molecular complexity index is 1040. The molecule has 0 bridgehead atoms. The number of furan rings is 1. The molecule has 0 spiro atoms. The number of amides is 1. The Morgan fingerprint density at radius 3 is 2.64 bits per heavy atom. The molecule has 6 nitrogen and oxygen atoms in total. The van der Waals surface area contributed by atoms with Crippen molar-refractivity contribution < 1.29 is 19.3 Å². The van der Waals surface area contributed by atoms with Crippen molar-refractivity contribution in [3.05, 3.63) is 83.3 Å². The number of quaternary nitrogens is 1. The Kier molecular flexibility index (Phi) is 3.99. The molecule has 25 heavy (non-hydrogen) atoms. The van der Waals surface area contributed by atoms with Crippen molar-refractivity contribution in [1.82, 2.24) is 4.98 Å². The number of benzene rings is 2. The minimum Gasteiger partial charge on any atom is -0.592 e. The number of fused-ring (bicyclic) bond motifs is 3. The van der Waals surface area contributed by atoms with E-state index in [-0.39, 0.29) is 12.2 Å². The number of nitrogens with zero attached hydrogens (tertiary/aromatic N) is 1. The standard InChI is InChI=1S/C19H14N2O4/c22-19(21(23)24-12-13-8-10-20-11-9-13)15-5-3-7-17-18(15)14-4-1-2-6-16(14)25-17/h1-11,21H,12H2. The maximum Gasteiger partial charge on any atom is 0.377 e. The third-order valence-corrected chi connectivity index (χ3v) is 3.95. The Morgan fingerprint density at radius 2 is 1.80 bits per heavy atom. The van der Waals surface area contributed by atoms with Crippen LogP contribution in [0.3, 0.4) is 0 Å². The summed E-state index contributed by atoms with van der Waals surface area (Å²) >= 11 is 0. The highest BCUT2D eigenvalue weighted by Gasteiger charge is 2.22. The number of hydrogen-bond donors (Lipinski definition) is 1. The number of carbonyl (C=O) groups excluding carboxylic acids is 1. The monoisotopic (exact) mass is 334 g/mol. The van der Waals surface area contributed by atoms with E-state index in [1.54, 1.807) is 42.7 Å². The van der Waals surface area contributed by atoms with E-state index in [0.717, 1.165) is 10.9 Å². The topological polar surface area (TPSA) is 79.8 Å². The smallest absolute Gasteiger partial charge is 0.377 e. The van der Waals surface area contributed by atoms with Crippen molar-refractivity contribution in [2.45, 2.75) is 6.61 Å². The molecule has 4 rings (SSSR count). The van der Waals surface area contributed by atoms with Crippen LogP contribution in [0.15, 0.2) is 71.4 Å². The minimum atomic E-state index is -0.894. The van der Waals surface area contributed by atoms with Crippen molar-refractivity contribution in [2.24, 2.45) is 0 Å². The predicted molar refractivity (Wildman–Crippen MR) is 91.4 cm³/mol. The zero-order chi connectivity index (χ0) is 17.2. The molecule has 0 aliphatic carbocycles. The summed E-state index contributed by atoms with van der Waals surface area (Å²) in [6, 6.07) is 15.9. The van der Waals surface area contributed by atoms with E-state index in [1.165, 1.54) is 0 Å². The zero-order valence-electron chi connectivity index (χ0n) is 13.1. The van der Waals surface area contributed by atoms with Crippen molar-refractivity contribution >= 4 is 27.8 Å². The molecule has 0 saturated heterocycles. The van der Waals surface area contributed by atoms with E-state index in [4.69, 9.17) is 9.25 Å². The third-order valence-electron chi connectivity index (χ3n) is 3.95. The Labute approximate surface area is 142 Å². The van der Waals surface area contributed by atoms with Gasteiger partial charge in [-0.1, -0.05) is 24.3 Å². The van der Waals surface area contributed by atoms with E-state index in [0.29, 0.717) is 16.6 Å². The second kappa shape index (κ2) is 6.45. The summed E-state index contributed by atoms with van der Waals surface area (Å²) in [5, 5.41) is 12.7. The van der Waals surface area contributed by atoms with Gasteiger partial charge in [-0.25, -0.2) is 4.79 Å². The van der Waals surface area contributed by atoms with Gasteiger partial charge in [0.1, 0.15) is 17.8 Å². The summed E-state index contributed by atoms with van der Waals surface area (Å²) in [6.07, 6.45) is 3.20. The molecular formula is C19H14N2O4. The first-order chi connectivity index (χ1) is 12.2. The molecule has 2 heterocycles. The summed E-state index contributed by atoms with van der Waals surface area (Å²) in [5.74, 6) is -0.689. The fraction of sp³-hybridized carbons (Fsp3) is 0.0526. The van der Waals surface area contributed by atoms with E-state index < -0.39 is 11.1 Å². The van der Waals surface area contributed by atoms with Gasteiger partial charge in [0.15, 0.2) is 0 Å². The fourth-order valence-corrected chi connectivity index (χ4v) is 2.77. The predicted octanol–water partition coefficient (Wildman–Crippen LogP) is 2.64. The molecule has 1 unspecified atom stereocenters. The van der Waals surface area contributed by atoms with Gasteiger partial charge in [0.05, 0.1) is 5.56 Å². The van der Waals surface area contributed by atoms with Crippen LogP contribution in [0.25, 0.3) is 21.9 Å². The molecule has 2 aromatic heterocycles. The van der Waals surface area contributed by atoms with Crippen LogP contribution in [0.4, 0.5) is 0 Å². The number of nitrogens with one attached hydrogen (secondary N) is 1.